The molecular formula is C15H21N3O2. The first-order valence-electron chi connectivity index (χ1n) is 7.10. The van der Waals surface area contributed by atoms with Gasteiger partial charge < -0.3 is 10.2 Å². The highest BCUT2D eigenvalue weighted by atomic mass is 16.2. The zero-order valence-corrected chi connectivity index (χ0v) is 11.8. The lowest BCUT2D eigenvalue weighted by molar-refractivity contribution is -0.121. The molecule has 108 valence electrons. The predicted molar refractivity (Wildman–Crippen MR) is 78.7 cm³/mol. The Hall–Kier alpha value is -2.04. The fourth-order valence-corrected chi connectivity index (χ4v) is 2.21. The zero-order chi connectivity index (χ0) is 14.4. The highest BCUT2D eigenvalue weighted by Crippen LogP contribution is 2.19. The van der Waals surface area contributed by atoms with E-state index >= 15 is 0 Å². The Balaban J connectivity index is 1.87. The maximum atomic E-state index is 12.2. The zero-order valence-electron chi connectivity index (χ0n) is 11.8. The number of carbonyl (C=O) groups is 2. The van der Waals surface area contributed by atoms with Gasteiger partial charge in [-0.05, 0) is 18.6 Å². The quantitative estimate of drug-likeness (QED) is 0.805. The third-order valence-electron chi connectivity index (χ3n) is 3.35. The summed E-state index contributed by atoms with van der Waals surface area (Å²) < 4.78 is 0. The van der Waals surface area contributed by atoms with Crippen LogP contribution in [-0.2, 0) is 4.79 Å². The van der Waals surface area contributed by atoms with Crippen LogP contribution in [0, 0.1) is 0 Å². The first-order chi connectivity index (χ1) is 9.72. The van der Waals surface area contributed by atoms with Gasteiger partial charge in [0.15, 0.2) is 0 Å². The van der Waals surface area contributed by atoms with Gasteiger partial charge in [0.05, 0.1) is 0 Å². The van der Waals surface area contributed by atoms with Gasteiger partial charge in [-0.1, -0.05) is 31.5 Å². The molecule has 1 fully saturated rings. The molecule has 2 rings (SSSR count). The lowest BCUT2D eigenvalue weighted by Crippen LogP contribution is -2.40. The number of urea groups is 1. The molecule has 1 N–H and O–H groups in total. The van der Waals surface area contributed by atoms with E-state index in [9.17, 15) is 9.59 Å². The van der Waals surface area contributed by atoms with Gasteiger partial charge in [0.1, 0.15) is 6.54 Å². The van der Waals surface area contributed by atoms with Crippen molar-refractivity contribution in [2.24, 2.45) is 0 Å². The van der Waals surface area contributed by atoms with Crippen LogP contribution in [0.2, 0.25) is 0 Å². The largest absolute Gasteiger partial charge is 0.355 e. The fourth-order valence-electron chi connectivity index (χ4n) is 2.21. The number of hydrogen-bond donors (Lipinski definition) is 1. The summed E-state index contributed by atoms with van der Waals surface area (Å²) in [7, 11) is 0. The summed E-state index contributed by atoms with van der Waals surface area (Å²) in [6, 6.07) is 9.45. The predicted octanol–water partition coefficient (Wildman–Crippen LogP) is 1.84. The van der Waals surface area contributed by atoms with Crippen molar-refractivity contribution in [3.8, 4) is 0 Å². The van der Waals surface area contributed by atoms with Crippen molar-refractivity contribution < 1.29 is 9.59 Å². The second kappa shape index (κ2) is 6.93. The minimum atomic E-state index is -0.0955. The van der Waals surface area contributed by atoms with E-state index in [2.05, 4.69) is 12.2 Å². The third-order valence-corrected chi connectivity index (χ3v) is 3.35. The average molecular weight is 275 g/mol. The van der Waals surface area contributed by atoms with E-state index in [1.54, 1.807) is 9.80 Å². The van der Waals surface area contributed by atoms with Crippen molar-refractivity contribution in [1.82, 2.24) is 10.2 Å². The fraction of sp³-hybridized carbons (Fsp3) is 0.467. The molecule has 1 saturated heterocycles. The van der Waals surface area contributed by atoms with Gasteiger partial charge in [-0.3, -0.25) is 9.69 Å². The molecule has 20 heavy (non-hydrogen) atoms. The molecule has 3 amide bonds. The average Bonchev–Trinajstić information content (AvgIpc) is 2.81. The molecule has 0 bridgehead atoms. The van der Waals surface area contributed by atoms with Crippen molar-refractivity contribution >= 4 is 17.6 Å². The minimum absolute atomic E-state index is 0.0817. The van der Waals surface area contributed by atoms with E-state index in [0.29, 0.717) is 19.6 Å². The second-order valence-corrected chi connectivity index (χ2v) is 4.89. The number of para-hydroxylation sites is 1. The number of amides is 3. The van der Waals surface area contributed by atoms with E-state index < -0.39 is 0 Å². The van der Waals surface area contributed by atoms with E-state index in [1.165, 1.54) is 0 Å². The van der Waals surface area contributed by atoms with E-state index in [0.717, 1.165) is 18.5 Å². The highest BCUT2D eigenvalue weighted by molar-refractivity contribution is 5.96. The van der Waals surface area contributed by atoms with Crippen molar-refractivity contribution in [2.45, 2.75) is 19.8 Å². The number of carbonyl (C=O) groups excluding carboxylic acids is 2. The summed E-state index contributed by atoms with van der Waals surface area (Å²) in [5.74, 6) is -0.0817. The Labute approximate surface area is 119 Å². The Morgan fingerprint density at radius 1 is 1.25 bits per heavy atom. The van der Waals surface area contributed by atoms with Crippen LogP contribution < -0.4 is 10.2 Å². The van der Waals surface area contributed by atoms with Crippen LogP contribution in [0.4, 0.5) is 10.5 Å². The van der Waals surface area contributed by atoms with Crippen molar-refractivity contribution in [3.05, 3.63) is 30.3 Å². The van der Waals surface area contributed by atoms with Crippen molar-refractivity contribution in [1.29, 1.82) is 0 Å². The summed E-state index contributed by atoms with van der Waals surface area (Å²) in [5.41, 5.74) is 0.881. The van der Waals surface area contributed by atoms with Crippen LogP contribution in [0.5, 0.6) is 0 Å². The Kier molecular flexibility index (Phi) is 4.98. The summed E-state index contributed by atoms with van der Waals surface area (Å²) in [5, 5.41) is 2.83. The molecule has 1 aliphatic heterocycles. The number of hydrogen-bond acceptors (Lipinski definition) is 2. The molecule has 0 aromatic heterocycles. The molecule has 1 aromatic carbocycles. The van der Waals surface area contributed by atoms with Crippen LogP contribution >= 0.6 is 0 Å². The molecule has 0 spiro atoms. The monoisotopic (exact) mass is 275 g/mol. The van der Waals surface area contributed by atoms with Gasteiger partial charge in [0, 0.05) is 25.3 Å². The summed E-state index contributed by atoms with van der Waals surface area (Å²) in [6.45, 7) is 4.12. The molecule has 1 heterocycles. The van der Waals surface area contributed by atoms with Crippen molar-refractivity contribution in [3.63, 3.8) is 0 Å². The third kappa shape index (κ3) is 3.50. The molecule has 5 heteroatoms. The maximum Gasteiger partial charge on any atom is 0.325 e. The van der Waals surface area contributed by atoms with E-state index in [-0.39, 0.29) is 18.5 Å². The summed E-state index contributed by atoms with van der Waals surface area (Å²) in [6.07, 6.45) is 2.01. The molecule has 1 aromatic rings. The van der Waals surface area contributed by atoms with Crippen LogP contribution in [0.15, 0.2) is 30.3 Å². The van der Waals surface area contributed by atoms with Crippen LogP contribution in [0.1, 0.15) is 19.8 Å². The number of nitrogens with zero attached hydrogens (tertiary/aromatic N) is 2. The van der Waals surface area contributed by atoms with Gasteiger partial charge in [0.25, 0.3) is 0 Å². The van der Waals surface area contributed by atoms with Gasteiger partial charge >= 0.3 is 6.03 Å². The minimum Gasteiger partial charge on any atom is -0.355 e. The van der Waals surface area contributed by atoms with E-state index in [1.807, 2.05) is 30.3 Å². The van der Waals surface area contributed by atoms with Gasteiger partial charge in [-0.25, -0.2) is 4.79 Å². The lowest BCUT2D eigenvalue weighted by Gasteiger charge is -2.18. The van der Waals surface area contributed by atoms with Crippen molar-refractivity contribution in [2.75, 3.05) is 31.1 Å². The topological polar surface area (TPSA) is 52.7 Å². The number of rotatable bonds is 6. The molecule has 0 aliphatic carbocycles. The Morgan fingerprint density at radius 2 is 2.00 bits per heavy atom. The van der Waals surface area contributed by atoms with Gasteiger partial charge in [-0.15, -0.1) is 0 Å². The lowest BCUT2D eigenvalue weighted by atomic mass is 10.3. The molecule has 0 unspecified atom stereocenters. The van der Waals surface area contributed by atoms with Gasteiger partial charge in [-0.2, -0.15) is 0 Å². The Bertz CT molecular complexity index is 461. The summed E-state index contributed by atoms with van der Waals surface area (Å²) in [4.78, 5) is 27.3. The summed E-state index contributed by atoms with van der Waals surface area (Å²) >= 11 is 0. The smallest absolute Gasteiger partial charge is 0.325 e. The number of anilines is 1. The van der Waals surface area contributed by atoms with Crippen LogP contribution in [0.3, 0.4) is 0 Å². The first-order valence-corrected chi connectivity index (χ1v) is 7.10. The molecule has 1 aliphatic rings. The normalized spacial score (nSPS) is 14.8. The SMILES string of the molecule is CCCCNC(=O)CN1CCN(c2ccccc2)C1=O. The molecule has 0 saturated carbocycles. The maximum absolute atomic E-state index is 12.2. The van der Waals surface area contributed by atoms with Gasteiger partial charge in [0.2, 0.25) is 5.91 Å². The molecule has 0 radical (unpaired) electrons. The Morgan fingerprint density at radius 3 is 2.70 bits per heavy atom. The number of unbranched alkanes of at least 4 members (excludes halogenated alkanes) is 1. The number of nitrogens with one attached hydrogen (secondary N) is 1. The molecule has 5 nitrogen and oxygen atoms in total. The molecular weight excluding hydrogens is 254 g/mol. The number of benzene rings is 1. The first kappa shape index (κ1) is 14.4. The highest BCUT2D eigenvalue weighted by Gasteiger charge is 2.30. The molecule has 0 atom stereocenters. The van der Waals surface area contributed by atoms with E-state index in [4.69, 9.17) is 0 Å². The van der Waals surface area contributed by atoms with Crippen LogP contribution in [0.25, 0.3) is 0 Å². The standard InChI is InChI=1S/C15H21N3O2/c1-2-3-9-16-14(19)12-17-10-11-18(15(17)20)13-7-5-4-6-8-13/h4-8H,2-3,9-12H2,1H3,(H,16,19). The van der Waals surface area contributed by atoms with Crippen LogP contribution in [-0.4, -0.2) is 43.0 Å². The second-order valence-electron chi connectivity index (χ2n) is 4.89.